The van der Waals surface area contributed by atoms with Crippen LogP contribution in [0.5, 0.6) is 5.75 Å². The van der Waals surface area contributed by atoms with Gasteiger partial charge in [0, 0.05) is 11.1 Å². The quantitative estimate of drug-likeness (QED) is 0.880. The van der Waals surface area contributed by atoms with Gasteiger partial charge in [0.15, 0.2) is 0 Å². The van der Waals surface area contributed by atoms with Crippen molar-refractivity contribution in [2.24, 2.45) is 0 Å². The Balaban J connectivity index is 2.38. The fourth-order valence-electron chi connectivity index (χ4n) is 1.79. The Hall–Kier alpha value is -1.97. The molecule has 0 atom stereocenters. The third kappa shape index (κ3) is 2.25. The molecule has 0 radical (unpaired) electrons. The van der Waals surface area contributed by atoms with Gasteiger partial charge < -0.3 is 15.0 Å². The number of rotatable bonds is 4. The van der Waals surface area contributed by atoms with Crippen LogP contribution < -0.4 is 10.5 Å². The molecule has 0 unspecified atom stereocenters. The third-order valence-electron chi connectivity index (χ3n) is 2.68. The SMILES string of the molecule is CCCc1c(-c2ccc(OC)cc2)noc1N. The van der Waals surface area contributed by atoms with Gasteiger partial charge in [-0.3, -0.25) is 0 Å². The molecule has 4 nitrogen and oxygen atoms in total. The standard InChI is InChI=1S/C13H16N2O2/c1-3-4-11-12(15-17-13(11)14)9-5-7-10(16-2)8-6-9/h5-8H,3-4,14H2,1-2H3. The van der Waals surface area contributed by atoms with Crippen molar-refractivity contribution in [2.75, 3.05) is 12.8 Å². The Morgan fingerprint density at radius 2 is 2.00 bits per heavy atom. The molecule has 2 N–H and O–H groups in total. The molecule has 0 aliphatic rings. The fourth-order valence-corrected chi connectivity index (χ4v) is 1.79. The zero-order valence-corrected chi connectivity index (χ0v) is 10.1. The predicted octanol–water partition coefficient (Wildman–Crippen LogP) is 2.88. The first-order valence-electron chi connectivity index (χ1n) is 5.64. The Morgan fingerprint density at radius 3 is 2.59 bits per heavy atom. The van der Waals surface area contributed by atoms with E-state index in [9.17, 15) is 0 Å². The normalized spacial score (nSPS) is 10.5. The van der Waals surface area contributed by atoms with Crippen molar-refractivity contribution < 1.29 is 9.26 Å². The average Bonchev–Trinajstić information content (AvgIpc) is 2.72. The summed E-state index contributed by atoms with van der Waals surface area (Å²) in [5.41, 5.74) is 8.57. The summed E-state index contributed by atoms with van der Waals surface area (Å²) in [6.07, 6.45) is 1.88. The molecule has 0 spiro atoms. The molecule has 1 aromatic carbocycles. The molecule has 17 heavy (non-hydrogen) atoms. The summed E-state index contributed by atoms with van der Waals surface area (Å²) in [4.78, 5) is 0. The third-order valence-corrected chi connectivity index (χ3v) is 2.68. The van der Waals surface area contributed by atoms with Gasteiger partial charge in [-0.1, -0.05) is 18.5 Å². The smallest absolute Gasteiger partial charge is 0.225 e. The van der Waals surface area contributed by atoms with Crippen LogP contribution in [0.4, 0.5) is 5.88 Å². The van der Waals surface area contributed by atoms with Crippen LogP contribution in [0.3, 0.4) is 0 Å². The van der Waals surface area contributed by atoms with Crippen LogP contribution in [0.25, 0.3) is 11.3 Å². The maximum Gasteiger partial charge on any atom is 0.225 e. The molecule has 0 aliphatic carbocycles. The summed E-state index contributed by atoms with van der Waals surface area (Å²) in [6, 6.07) is 7.70. The lowest BCUT2D eigenvalue weighted by Gasteiger charge is -2.02. The van der Waals surface area contributed by atoms with E-state index in [1.54, 1.807) is 7.11 Å². The van der Waals surface area contributed by atoms with E-state index in [0.717, 1.165) is 35.4 Å². The highest BCUT2D eigenvalue weighted by Gasteiger charge is 2.14. The van der Waals surface area contributed by atoms with Crippen LogP contribution in [0.2, 0.25) is 0 Å². The van der Waals surface area contributed by atoms with Crippen LogP contribution >= 0.6 is 0 Å². The topological polar surface area (TPSA) is 61.3 Å². The summed E-state index contributed by atoms with van der Waals surface area (Å²) in [5.74, 6) is 1.24. The van der Waals surface area contributed by atoms with E-state index >= 15 is 0 Å². The van der Waals surface area contributed by atoms with Crippen LogP contribution in [0.1, 0.15) is 18.9 Å². The summed E-state index contributed by atoms with van der Waals surface area (Å²) in [5, 5.41) is 4.02. The highest BCUT2D eigenvalue weighted by Crippen LogP contribution is 2.29. The lowest BCUT2D eigenvalue weighted by atomic mass is 10.0. The fraction of sp³-hybridized carbons (Fsp3) is 0.308. The summed E-state index contributed by atoms with van der Waals surface area (Å²) >= 11 is 0. The van der Waals surface area contributed by atoms with E-state index in [0.29, 0.717) is 5.88 Å². The van der Waals surface area contributed by atoms with E-state index in [1.165, 1.54) is 0 Å². The Labute approximate surface area is 100 Å². The Kier molecular flexibility index (Phi) is 3.32. The molecule has 0 saturated heterocycles. The van der Waals surface area contributed by atoms with Crippen LogP contribution in [-0.2, 0) is 6.42 Å². The summed E-state index contributed by atoms with van der Waals surface area (Å²) in [7, 11) is 1.64. The minimum absolute atomic E-state index is 0.415. The lowest BCUT2D eigenvalue weighted by molar-refractivity contribution is 0.415. The van der Waals surface area contributed by atoms with Gasteiger partial charge in [0.05, 0.1) is 7.11 Å². The molecule has 90 valence electrons. The van der Waals surface area contributed by atoms with Crippen molar-refractivity contribution in [3.8, 4) is 17.0 Å². The Morgan fingerprint density at radius 1 is 1.29 bits per heavy atom. The zero-order valence-electron chi connectivity index (χ0n) is 10.1. The number of nitrogen functional groups attached to an aromatic ring is 1. The molecule has 0 saturated carbocycles. The van der Waals surface area contributed by atoms with Gasteiger partial charge in [0.2, 0.25) is 5.88 Å². The zero-order chi connectivity index (χ0) is 12.3. The van der Waals surface area contributed by atoms with Gasteiger partial charge in [-0.2, -0.15) is 0 Å². The maximum absolute atomic E-state index is 5.77. The average molecular weight is 232 g/mol. The van der Waals surface area contributed by atoms with Gasteiger partial charge in [-0.05, 0) is 30.7 Å². The van der Waals surface area contributed by atoms with Crippen LogP contribution in [0.15, 0.2) is 28.8 Å². The number of nitrogens with zero attached hydrogens (tertiary/aromatic N) is 1. The van der Waals surface area contributed by atoms with Crippen molar-refractivity contribution in [3.63, 3.8) is 0 Å². The van der Waals surface area contributed by atoms with E-state index in [-0.39, 0.29) is 0 Å². The second-order valence-electron chi connectivity index (χ2n) is 3.85. The van der Waals surface area contributed by atoms with E-state index in [1.807, 2.05) is 24.3 Å². The molecule has 1 heterocycles. The minimum atomic E-state index is 0.415. The highest BCUT2D eigenvalue weighted by molar-refractivity contribution is 5.67. The summed E-state index contributed by atoms with van der Waals surface area (Å²) in [6.45, 7) is 2.10. The van der Waals surface area contributed by atoms with Crippen molar-refractivity contribution in [1.29, 1.82) is 0 Å². The largest absolute Gasteiger partial charge is 0.497 e. The molecule has 0 bridgehead atoms. The maximum atomic E-state index is 5.77. The van der Waals surface area contributed by atoms with Gasteiger partial charge in [-0.25, -0.2) is 0 Å². The molecule has 0 aliphatic heterocycles. The second-order valence-corrected chi connectivity index (χ2v) is 3.85. The van der Waals surface area contributed by atoms with Crippen molar-refractivity contribution in [2.45, 2.75) is 19.8 Å². The molecule has 2 aromatic rings. The van der Waals surface area contributed by atoms with Gasteiger partial charge in [0.1, 0.15) is 11.4 Å². The number of benzene rings is 1. The van der Waals surface area contributed by atoms with E-state index in [2.05, 4.69) is 12.1 Å². The number of hydrogen-bond donors (Lipinski definition) is 1. The van der Waals surface area contributed by atoms with Crippen LogP contribution in [-0.4, -0.2) is 12.3 Å². The number of nitrogens with two attached hydrogens (primary N) is 1. The molecular formula is C13H16N2O2. The monoisotopic (exact) mass is 232 g/mol. The van der Waals surface area contributed by atoms with Crippen molar-refractivity contribution >= 4 is 5.88 Å². The minimum Gasteiger partial charge on any atom is -0.497 e. The molecule has 2 rings (SSSR count). The highest BCUT2D eigenvalue weighted by atomic mass is 16.5. The second kappa shape index (κ2) is 4.91. The van der Waals surface area contributed by atoms with E-state index in [4.69, 9.17) is 15.0 Å². The van der Waals surface area contributed by atoms with Crippen molar-refractivity contribution in [1.82, 2.24) is 5.16 Å². The molecule has 4 heteroatoms. The first kappa shape index (κ1) is 11.5. The lowest BCUT2D eigenvalue weighted by Crippen LogP contribution is -1.92. The Bertz CT molecular complexity index is 489. The number of aromatic nitrogens is 1. The predicted molar refractivity (Wildman–Crippen MR) is 66.9 cm³/mol. The van der Waals surface area contributed by atoms with Crippen LogP contribution in [0, 0.1) is 0 Å². The van der Waals surface area contributed by atoms with Gasteiger partial charge >= 0.3 is 0 Å². The van der Waals surface area contributed by atoms with Crippen molar-refractivity contribution in [3.05, 3.63) is 29.8 Å². The van der Waals surface area contributed by atoms with E-state index < -0.39 is 0 Å². The van der Waals surface area contributed by atoms with Gasteiger partial charge in [-0.15, -0.1) is 0 Å². The molecule has 1 aromatic heterocycles. The summed E-state index contributed by atoms with van der Waals surface area (Å²) < 4.78 is 10.2. The first-order chi connectivity index (χ1) is 8.26. The molecule has 0 amide bonds. The number of methoxy groups -OCH3 is 1. The number of ether oxygens (including phenoxy) is 1. The van der Waals surface area contributed by atoms with Gasteiger partial charge in [0.25, 0.3) is 0 Å². The molecule has 0 fully saturated rings. The first-order valence-corrected chi connectivity index (χ1v) is 5.64. The molecular weight excluding hydrogens is 216 g/mol. The number of anilines is 1. The number of hydrogen-bond acceptors (Lipinski definition) is 4.